The van der Waals surface area contributed by atoms with Crippen molar-refractivity contribution < 1.29 is 14.6 Å². The molecular formula is C19H16BrN3O3S. The first-order valence-corrected chi connectivity index (χ1v) is 9.49. The maximum atomic E-state index is 12.6. The normalized spacial score (nSPS) is 10.8. The zero-order valence-electron chi connectivity index (χ0n) is 14.9. The predicted molar refractivity (Wildman–Crippen MR) is 108 cm³/mol. The van der Waals surface area contributed by atoms with Gasteiger partial charge >= 0.3 is 0 Å². The molecular weight excluding hydrogens is 430 g/mol. The van der Waals surface area contributed by atoms with Crippen LogP contribution in [-0.2, 0) is 11.2 Å². The van der Waals surface area contributed by atoms with Crippen molar-refractivity contribution in [2.45, 2.75) is 20.3 Å². The van der Waals surface area contributed by atoms with Gasteiger partial charge in [0, 0.05) is 9.35 Å². The molecule has 6 nitrogen and oxygen atoms in total. The van der Waals surface area contributed by atoms with E-state index in [4.69, 9.17) is 4.74 Å². The molecule has 0 unspecified atom stereocenters. The average molecular weight is 446 g/mol. The number of benzene rings is 1. The summed E-state index contributed by atoms with van der Waals surface area (Å²) >= 11 is 4.60. The summed E-state index contributed by atoms with van der Waals surface area (Å²) in [7, 11) is 1.40. The highest BCUT2D eigenvalue weighted by atomic mass is 79.9. The van der Waals surface area contributed by atoms with Gasteiger partial charge in [0.05, 0.1) is 12.7 Å². The Morgan fingerprint density at radius 3 is 2.70 bits per heavy atom. The highest BCUT2D eigenvalue weighted by Gasteiger charge is 2.19. The maximum Gasteiger partial charge on any atom is 0.266 e. The lowest BCUT2D eigenvalue weighted by Crippen LogP contribution is -2.13. The number of nitrogens with zero attached hydrogens (tertiary/aromatic N) is 2. The number of aryl methyl sites for hydroxylation is 1. The van der Waals surface area contributed by atoms with E-state index < -0.39 is 5.91 Å². The summed E-state index contributed by atoms with van der Waals surface area (Å²) in [5.74, 6) is -0.462. The number of amides is 1. The van der Waals surface area contributed by atoms with Crippen LogP contribution in [0.2, 0.25) is 0 Å². The number of nitrogens with one attached hydrogen (secondary N) is 1. The Morgan fingerprint density at radius 2 is 2.15 bits per heavy atom. The largest absolute Gasteiger partial charge is 0.504 e. The molecule has 1 aromatic carbocycles. The van der Waals surface area contributed by atoms with Gasteiger partial charge in [-0.1, -0.05) is 22.9 Å². The highest BCUT2D eigenvalue weighted by Crippen LogP contribution is 2.35. The molecule has 0 aliphatic carbocycles. The predicted octanol–water partition coefficient (Wildman–Crippen LogP) is 4.51. The second-order valence-corrected chi connectivity index (χ2v) is 7.55. The number of carbonyl (C=O) groups excluding carboxylic acids is 1. The number of ether oxygens (including phenoxy) is 1. The Balaban J connectivity index is 2.40. The van der Waals surface area contributed by atoms with E-state index in [-0.39, 0.29) is 17.1 Å². The van der Waals surface area contributed by atoms with Gasteiger partial charge in [0.1, 0.15) is 22.7 Å². The molecule has 2 N–H and O–H groups in total. The van der Waals surface area contributed by atoms with Crippen molar-refractivity contribution in [2.75, 3.05) is 12.4 Å². The van der Waals surface area contributed by atoms with E-state index in [0.29, 0.717) is 27.0 Å². The summed E-state index contributed by atoms with van der Waals surface area (Å²) in [4.78, 5) is 13.5. The molecule has 0 radical (unpaired) electrons. The molecule has 2 aromatic rings. The second-order valence-electron chi connectivity index (χ2n) is 5.48. The monoisotopic (exact) mass is 445 g/mol. The third kappa shape index (κ3) is 4.30. The van der Waals surface area contributed by atoms with Crippen LogP contribution in [0.5, 0.6) is 11.5 Å². The van der Waals surface area contributed by atoms with E-state index in [2.05, 4.69) is 27.3 Å². The standard InChI is InChI=1S/C19H16BrN3O3S/c1-4-13-10(2)27-19(14(13)9-22)23-18(25)12(8-21)5-11-6-17(26-3)16(24)7-15(11)20/h5-7,24H,4H2,1-3H3,(H,23,25)/b12-5+. The minimum Gasteiger partial charge on any atom is -0.504 e. The van der Waals surface area contributed by atoms with Gasteiger partial charge in [-0.2, -0.15) is 10.5 Å². The number of hydrogen-bond acceptors (Lipinski definition) is 6. The summed E-state index contributed by atoms with van der Waals surface area (Å²) < 4.78 is 5.55. The molecule has 1 heterocycles. The van der Waals surface area contributed by atoms with Crippen LogP contribution in [0.1, 0.15) is 28.5 Å². The summed E-state index contributed by atoms with van der Waals surface area (Å²) in [5.41, 5.74) is 1.68. The van der Waals surface area contributed by atoms with Crippen molar-refractivity contribution in [3.05, 3.63) is 43.7 Å². The molecule has 2 rings (SSSR count). The molecule has 27 heavy (non-hydrogen) atoms. The van der Waals surface area contributed by atoms with E-state index in [1.165, 1.54) is 36.7 Å². The number of nitriles is 2. The van der Waals surface area contributed by atoms with Crippen molar-refractivity contribution in [2.24, 2.45) is 0 Å². The van der Waals surface area contributed by atoms with Crippen LogP contribution in [0, 0.1) is 29.6 Å². The molecule has 0 fully saturated rings. The quantitative estimate of drug-likeness (QED) is 0.519. The fraction of sp³-hybridized carbons (Fsp3) is 0.211. The smallest absolute Gasteiger partial charge is 0.266 e. The van der Waals surface area contributed by atoms with E-state index in [1.54, 1.807) is 0 Å². The minimum atomic E-state index is -0.614. The Kier molecular flexibility index (Phi) is 6.62. The molecule has 0 saturated heterocycles. The molecule has 0 aliphatic rings. The van der Waals surface area contributed by atoms with Gasteiger partial charge < -0.3 is 15.2 Å². The first kappa shape index (κ1) is 20.5. The number of aromatic hydroxyl groups is 1. The van der Waals surface area contributed by atoms with Gasteiger partial charge in [0.2, 0.25) is 0 Å². The number of phenols is 1. The van der Waals surface area contributed by atoms with Gasteiger partial charge in [0.25, 0.3) is 5.91 Å². The van der Waals surface area contributed by atoms with Gasteiger partial charge in [-0.25, -0.2) is 0 Å². The lowest BCUT2D eigenvalue weighted by molar-refractivity contribution is -0.112. The number of thiophene rings is 1. The lowest BCUT2D eigenvalue weighted by atomic mass is 10.1. The zero-order chi connectivity index (χ0) is 20.1. The molecule has 0 saturated carbocycles. The van der Waals surface area contributed by atoms with Crippen LogP contribution in [0.25, 0.3) is 6.08 Å². The average Bonchev–Trinajstić information content (AvgIpc) is 2.94. The van der Waals surface area contributed by atoms with Crippen LogP contribution in [0.15, 0.2) is 22.2 Å². The first-order valence-electron chi connectivity index (χ1n) is 7.88. The van der Waals surface area contributed by atoms with Crippen LogP contribution < -0.4 is 10.1 Å². The van der Waals surface area contributed by atoms with Gasteiger partial charge in [-0.05, 0) is 42.7 Å². The Hall–Kier alpha value is -2.81. The number of methoxy groups -OCH3 is 1. The van der Waals surface area contributed by atoms with Crippen LogP contribution in [-0.4, -0.2) is 18.1 Å². The molecule has 1 amide bonds. The zero-order valence-corrected chi connectivity index (χ0v) is 17.3. The van der Waals surface area contributed by atoms with Crippen molar-refractivity contribution in [1.29, 1.82) is 10.5 Å². The fourth-order valence-electron chi connectivity index (χ4n) is 2.52. The fourth-order valence-corrected chi connectivity index (χ4v) is 4.05. The Labute approximate surface area is 169 Å². The van der Waals surface area contributed by atoms with Gasteiger partial charge in [-0.3, -0.25) is 4.79 Å². The van der Waals surface area contributed by atoms with Gasteiger partial charge in [0.15, 0.2) is 11.5 Å². The van der Waals surface area contributed by atoms with Gasteiger partial charge in [-0.15, -0.1) is 11.3 Å². The van der Waals surface area contributed by atoms with E-state index in [1.807, 2.05) is 19.9 Å². The lowest BCUT2D eigenvalue weighted by Gasteiger charge is -2.07. The molecule has 0 aliphatic heterocycles. The van der Waals surface area contributed by atoms with Crippen LogP contribution >= 0.6 is 27.3 Å². The third-order valence-electron chi connectivity index (χ3n) is 3.86. The molecule has 138 valence electrons. The number of rotatable bonds is 5. The molecule has 0 spiro atoms. The Morgan fingerprint density at radius 1 is 1.44 bits per heavy atom. The van der Waals surface area contributed by atoms with Crippen LogP contribution in [0.3, 0.4) is 0 Å². The molecule has 0 atom stereocenters. The number of anilines is 1. The summed E-state index contributed by atoms with van der Waals surface area (Å²) in [6.07, 6.45) is 2.07. The minimum absolute atomic E-state index is 0.0655. The Bertz CT molecular complexity index is 1010. The summed E-state index contributed by atoms with van der Waals surface area (Å²) in [6.45, 7) is 3.83. The number of carbonyl (C=O) groups is 1. The van der Waals surface area contributed by atoms with Crippen molar-refractivity contribution >= 4 is 44.3 Å². The first-order chi connectivity index (χ1) is 12.9. The molecule has 8 heteroatoms. The summed E-state index contributed by atoms with van der Waals surface area (Å²) in [5, 5.41) is 31.7. The number of phenolic OH excluding ortho intramolecular Hbond substituents is 1. The molecule has 1 aromatic heterocycles. The van der Waals surface area contributed by atoms with E-state index >= 15 is 0 Å². The van der Waals surface area contributed by atoms with Crippen LogP contribution in [0.4, 0.5) is 5.00 Å². The SMILES string of the molecule is CCc1c(C)sc(NC(=O)/C(C#N)=C/c2cc(OC)c(O)cc2Br)c1C#N. The van der Waals surface area contributed by atoms with Crippen molar-refractivity contribution in [3.63, 3.8) is 0 Å². The van der Waals surface area contributed by atoms with E-state index in [0.717, 1.165) is 10.4 Å². The number of halogens is 1. The summed E-state index contributed by atoms with van der Waals surface area (Å²) in [6, 6.07) is 6.92. The molecule has 0 bridgehead atoms. The van der Waals surface area contributed by atoms with Crippen molar-refractivity contribution in [3.8, 4) is 23.6 Å². The maximum absolute atomic E-state index is 12.6. The third-order valence-corrected chi connectivity index (χ3v) is 5.61. The van der Waals surface area contributed by atoms with Crippen molar-refractivity contribution in [1.82, 2.24) is 0 Å². The topological polar surface area (TPSA) is 106 Å². The van der Waals surface area contributed by atoms with E-state index in [9.17, 15) is 20.4 Å². The number of hydrogen-bond donors (Lipinski definition) is 2. The highest BCUT2D eigenvalue weighted by molar-refractivity contribution is 9.10. The second kappa shape index (κ2) is 8.72.